The minimum absolute atomic E-state index is 0.0457. The molecular weight excluding hydrogens is 226 g/mol. The third kappa shape index (κ3) is 2.64. The number of rotatable bonds is 3. The fourth-order valence-electron chi connectivity index (χ4n) is 2.72. The monoisotopic (exact) mass is 247 g/mol. The summed E-state index contributed by atoms with van der Waals surface area (Å²) in [5.74, 6) is 0.323. The van der Waals surface area contributed by atoms with Crippen molar-refractivity contribution in [3.05, 3.63) is 35.4 Å². The summed E-state index contributed by atoms with van der Waals surface area (Å²) in [7, 11) is 0. The molecule has 0 amide bonds. The lowest BCUT2D eigenvalue weighted by Gasteiger charge is -2.28. The molecule has 0 saturated carbocycles. The highest BCUT2D eigenvalue weighted by Crippen LogP contribution is 2.17. The van der Waals surface area contributed by atoms with Gasteiger partial charge in [0, 0.05) is 13.1 Å². The van der Waals surface area contributed by atoms with E-state index >= 15 is 0 Å². The molecule has 0 aromatic heterocycles. The highest BCUT2D eigenvalue weighted by atomic mass is 16.4. The van der Waals surface area contributed by atoms with Crippen molar-refractivity contribution in [2.45, 2.75) is 32.2 Å². The van der Waals surface area contributed by atoms with Crippen LogP contribution < -0.4 is 5.73 Å². The van der Waals surface area contributed by atoms with E-state index in [1.54, 1.807) is 0 Å². The van der Waals surface area contributed by atoms with Gasteiger partial charge in [-0.2, -0.15) is 0 Å². The van der Waals surface area contributed by atoms with Crippen molar-refractivity contribution in [2.75, 3.05) is 13.1 Å². The molecule has 0 saturated heterocycles. The van der Waals surface area contributed by atoms with Gasteiger partial charge in [0.15, 0.2) is 5.84 Å². The molecule has 98 valence electrons. The third-order valence-corrected chi connectivity index (χ3v) is 3.74. The summed E-state index contributed by atoms with van der Waals surface area (Å²) in [6.07, 6.45) is 2.93. The molecule has 1 aliphatic heterocycles. The lowest BCUT2D eigenvalue weighted by Crippen LogP contribution is -2.45. The first-order chi connectivity index (χ1) is 8.76. The molecule has 0 radical (unpaired) electrons. The standard InChI is InChI=1S/C14H21N3O/c1-2-13(14(15)16-18)17-9-7-11-5-3-4-6-12(11)8-10-17/h3-6,13,18H,2,7-10H2,1H3,(H2,15,16). The first-order valence-electron chi connectivity index (χ1n) is 6.54. The van der Waals surface area contributed by atoms with E-state index in [9.17, 15) is 0 Å². The van der Waals surface area contributed by atoms with Gasteiger partial charge >= 0.3 is 0 Å². The zero-order chi connectivity index (χ0) is 13.0. The average Bonchev–Trinajstić information content (AvgIpc) is 2.62. The molecule has 0 fully saturated rings. The van der Waals surface area contributed by atoms with E-state index in [1.165, 1.54) is 11.1 Å². The topological polar surface area (TPSA) is 61.9 Å². The maximum absolute atomic E-state index is 8.85. The van der Waals surface area contributed by atoms with Crippen molar-refractivity contribution in [2.24, 2.45) is 10.9 Å². The fraction of sp³-hybridized carbons (Fsp3) is 0.500. The molecule has 18 heavy (non-hydrogen) atoms. The second kappa shape index (κ2) is 5.87. The van der Waals surface area contributed by atoms with E-state index in [4.69, 9.17) is 10.9 Å². The summed E-state index contributed by atoms with van der Waals surface area (Å²) in [6, 6.07) is 8.63. The van der Waals surface area contributed by atoms with Crippen molar-refractivity contribution < 1.29 is 5.21 Å². The van der Waals surface area contributed by atoms with Crippen LogP contribution in [0.5, 0.6) is 0 Å². The maximum Gasteiger partial charge on any atom is 0.156 e. The number of benzene rings is 1. The Hall–Kier alpha value is -1.55. The first kappa shape index (κ1) is 12.9. The number of hydrogen-bond donors (Lipinski definition) is 2. The maximum atomic E-state index is 8.85. The molecule has 1 unspecified atom stereocenters. The summed E-state index contributed by atoms with van der Waals surface area (Å²) >= 11 is 0. The van der Waals surface area contributed by atoms with Gasteiger partial charge in [0.1, 0.15) is 0 Å². The van der Waals surface area contributed by atoms with Gasteiger partial charge in [-0.05, 0) is 30.4 Å². The number of nitrogens with two attached hydrogens (primary N) is 1. The van der Waals surface area contributed by atoms with Crippen LogP contribution in [0.15, 0.2) is 29.4 Å². The minimum Gasteiger partial charge on any atom is -0.409 e. The largest absolute Gasteiger partial charge is 0.409 e. The molecule has 1 heterocycles. The van der Waals surface area contributed by atoms with E-state index in [-0.39, 0.29) is 6.04 Å². The molecule has 4 nitrogen and oxygen atoms in total. The van der Waals surface area contributed by atoms with E-state index in [1.807, 2.05) is 0 Å². The fourth-order valence-corrected chi connectivity index (χ4v) is 2.72. The summed E-state index contributed by atoms with van der Waals surface area (Å²) in [4.78, 5) is 2.31. The van der Waals surface area contributed by atoms with Crippen molar-refractivity contribution >= 4 is 5.84 Å². The highest BCUT2D eigenvalue weighted by Gasteiger charge is 2.23. The Labute approximate surface area is 108 Å². The smallest absolute Gasteiger partial charge is 0.156 e. The molecule has 2 rings (SSSR count). The number of hydrogen-bond acceptors (Lipinski definition) is 3. The zero-order valence-corrected chi connectivity index (χ0v) is 10.8. The first-order valence-corrected chi connectivity index (χ1v) is 6.54. The Kier molecular flexibility index (Phi) is 4.20. The normalized spacial score (nSPS) is 19.1. The van der Waals surface area contributed by atoms with Gasteiger partial charge < -0.3 is 10.9 Å². The zero-order valence-electron chi connectivity index (χ0n) is 10.8. The predicted octanol–water partition coefficient (Wildman–Crippen LogP) is 1.61. The molecule has 1 atom stereocenters. The minimum atomic E-state index is 0.0457. The molecule has 0 bridgehead atoms. The Bertz CT molecular complexity index is 404. The number of nitrogens with zero attached hydrogens (tertiary/aromatic N) is 2. The third-order valence-electron chi connectivity index (χ3n) is 3.74. The number of fused-ring (bicyclic) bond motifs is 1. The Morgan fingerprint density at radius 3 is 2.33 bits per heavy atom. The van der Waals surface area contributed by atoms with Gasteiger partial charge in [0.05, 0.1) is 6.04 Å². The number of amidine groups is 1. The van der Waals surface area contributed by atoms with Gasteiger partial charge in [0.2, 0.25) is 0 Å². The van der Waals surface area contributed by atoms with E-state index in [0.717, 1.165) is 32.4 Å². The number of oxime groups is 1. The van der Waals surface area contributed by atoms with Crippen molar-refractivity contribution in [1.29, 1.82) is 0 Å². The average molecular weight is 247 g/mol. The summed E-state index contributed by atoms with van der Waals surface area (Å²) in [6.45, 7) is 4.00. The molecule has 1 aliphatic rings. The predicted molar refractivity (Wildman–Crippen MR) is 72.9 cm³/mol. The molecule has 4 heteroatoms. The molecular formula is C14H21N3O. The van der Waals surface area contributed by atoms with Crippen LogP contribution in [0.2, 0.25) is 0 Å². The van der Waals surface area contributed by atoms with Gasteiger partial charge in [-0.3, -0.25) is 4.90 Å². The van der Waals surface area contributed by atoms with E-state index < -0.39 is 0 Å². The van der Waals surface area contributed by atoms with Crippen LogP contribution in [0.4, 0.5) is 0 Å². The van der Waals surface area contributed by atoms with Crippen LogP contribution in [0.3, 0.4) is 0 Å². The second-order valence-corrected chi connectivity index (χ2v) is 4.75. The van der Waals surface area contributed by atoms with Crippen molar-refractivity contribution in [1.82, 2.24) is 4.90 Å². The van der Waals surface area contributed by atoms with Gasteiger partial charge in [0.25, 0.3) is 0 Å². The second-order valence-electron chi connectivity index (χ2n) is 4.75. The van der Waals surface area contributed by atoms with Crippen LogP contribution >= 0.6 is 0 Å². The van der Waals surface area contributed by atoms with Crippen LogP contribution in [-0.4, -0.2) is 35.1 Å². The summed E-state index contributed by atoms with van der Waals surface area (Å²) < 4.78 is 0. The van der Waals surface area contributed by atoms with Crippen LogP contribution in [-0.2, 0) is 12.8 Å². The lowest BCUT2D eigenvalue weighted by atomic mass is 10.0. The highest BCUT2D eigenvalue weighted by molar-refractivity contribution is 5.85. The molecule has 0 spiro atoms. The van der Waals surface area contributed by atoms with Gasteiger partial charge in [-0.15, -0.1) is 0 Å². The summed E-state index contributed by atoms with van der Waals surface area (Å²) in [5, 5.41) is 12.0. The molecule has 1 aromatic rings. The van der Waals surface area contributed by atoms with Crippen molar-refractivity contribution in [3.8, 4) is 0 Å². The van der Waals surface area contributed by atoms with E-state index in [0.29, 0.717) is 5.84 Å². The van der Waals surface area contributed by atoms with Gasteiger partial charge in [-0.25, -0.2) is 0 Å². The Morgan fingerprint density at radius 1 is 1.33 bits per heavy atom. The van der Waals surface area contributed by atoms with Crippen LogP contribution in [0.25, 0.3) is 0 Å². The quantitative estimate of drug-likeness (QED) is 0.369. The molecule has 1 aromatic carbocycles. The van der Waals surface area contributed by atoms with E-state index in [2.05, 4.69) is 41.2 Å². The van der Waals surface area contributed by atoms with Crippen molar-refractivity contribution in [3.63, 3.8) is 0 Å². The van der Waals surface area contributed by atoms with Gasteiger partial charge in [-0.1, -0.05) is 36.3 Å². The Balaban J connectivity index is 2.12. The summed E-state index contributed by atoms with van der Waals surface area (Å²) in [5.41, 5.74) is 8.62. The van der Waals surface area contributed by atoms with Crippen LogP contribution in [0.1, 0.15) is 24.5 Å². The Morgan fingerprint density at radius 2 is 1.89 bits per heavy atom. The molecule has 0 aliphatic carbocycles. The SMILES string of the molecule is CCC(C(N)=NO)N1CCc2ccccc2CC1. The van der Waals surface area contributed by atoms with Crippen LogP contribution in [0, 0.1) is 0 Å². The lowest BCUT2D eigenvalue weighted by molar-refractivity contribution is 0.237. The molecule has 3 N–H and O–H groups in total.